The molecule has 6 rings (SSSR count). The van der Waals surface area contributed by atoms with Gasteiger partial charge in [-0.2, -0.15) is 0 Å². The average Bonchev–Trinajstić information content (AvgIpc) is 3.18. The van der Waals surface area contributed by atoms with E-state index in [-0.39, 0.29) is 28.1 Å². The van der Waals surface area contributed by atoms with E-state index in [1.807, 2.05) is 30.4 Å². The molecule has 4 aromatic carbocycles. The summed E-state index contributed by atoms with van der Waals surface area (Å²) in [5, 5.41) is 37.2. The molecule has 2 N–H and O–H groups in total. The second-order valence-corrected chi connectivity index (χ2v) is 13.4. The number of ether oxygens (including phenoxy) is 1. The van der Waals surface area contributed by atoms with Gasteiger partial charge in [0.25, 0.3) is 11.4 Å². The summed E-state index contributed by atoms with van der Waals surface area (Å²) in [6, 6.07) is 25.2. The van der Waals surface area contributed by atoms with Gasteiger partial charge in [-0.05, 0) is 75.1 Å². The van der Waals surface area contributed by atoms with Crippen LogP contribution in [0.4, 0.5) is 22.7 Å². The monoisotopic (exact) mass is 745 g/mol. The molecule has 4 aromatic rings. The maximum atomic E-state index is 11.5. The van der Waals surface area contributed by atoms with E-state index < -0.39 is 4.92 Å². The van der Waals surface area contributed by atoms with Gasteiger partial charge < -0.3 is 25.0 Å². The number of rotatable bonds is 15. The van der Waals surface area contributed by atoms with Crippen LogP contribution in [0.3, 0.4) is 0 Å². The molecule has 55 heavy (non-hydrogen) atoms. The first-order valence-corrected chi connectivity index (χ1v) is 19.1. The summed E-state index contributed by atoms with van der Waals surface area (Å²) in [4.78, 5) is 25.8. The lowest BCUT2D eigenvalue weighted by Gasteiger charge is -2.31. The lowest BCUT2D eigenvalue weighted by molar-refractivity contribution is -0.385. The molecule has 1 atom stereocenters. The minimum absolute atomic E-state index is 0.0740. The minimum Gasteiger partial charge on any atom is -0.507 e. The standard InChI is InChI=1S/C41H43N5O6.C3H8/c1-4-43(5-2)33-16-19-35(38(47)26-33)41-36-18-11-30(42-23-21-28-7-12-31(13-8-28)45(48)49)25-39(36)52-40-27-34(17-20-37(40)41)44(6-3)24-22-29-9-14-32(15-10-29)46(50)51;1-3-2/h7-20,25-27,30,42,47H,4-6,21-24H2,1-3H3;3H2,1-2H3. The van der Waals surface area contributed by atoms with E-state index in [0.29, 0.717) is 36.6 Å². The third-order valence-corrected chi connectivity index (χ3v) is 9.67. The molecule has 1 aliphatic heterocycles. The van der Waals surface area contributed by atoms with Crippen LogP contribution in [0.5, 0.6) is 11.5 Å². The Morgan fingerprint density at radius 1 is 0.727 bits per heavy atom. The number of nitro benzene ring substituents is 2. The van der Waals surface area contributed by atoms with Crippen LogP contribution in [0.15, 0.2) is 114 Å². The van der Waals surface area contributed by atoms with Crippen molar-refractivity contribution in [3.8, 4) is 11.5 Å². The second kappa shape index (κ2) is 18.9. The van der Waals surface area contributed by atoms with Crippen molar-refractivity contribution in [3.63, 3.8) is 0 Å². The quantitative estimate of drug-likeness (QED) is 0.0902. The number of benzene rings is 4. The van der Waals surface area contributed by atoms with Crippen LogP contribution in [0.2, 0.25) is 0 Å². The number of hydrogen-bond acceptors (Lipinski definition) is 9. The van der Waals surface area contributed by atoms with Crippen LogP contribution < -0.4 is 19.9 Å². The number of phenols is 1. The summed E-state index contributed by atoms with van der Waals surface area (Å²) in [6.07, 6.45) is 8.84. The van der Waals surface area contributed by atoms with E-state index >= 15 is 0 Å². The van der Waals surface area contributed by atoms with Crippen LogP contribution in [-0.2, 0) is 12.8 Å². The fourth-order valence-electron chi connectivity index (χ4n) is 6.77. The van der Waals surface area contributed by atoms with Crippen LogP contribution in [0.1, 0.15) is 63.3 Å². The van der Waals surface area contributed by atoms with E-state index in [9.17, 15) is 25.3 Å². The molecule has 0 spiro atoms. The Balaban J connectivity index is 0.00000187. The predicted molar refractivity (Wildman–Crippen MR) is 221 cm³/mol. The summed E-state index contributed by atoms with van der Waals surface area (Å²) in [7, 11) is 0. The van der Waals surface area contributed by atoms with E-state index in [2.05, 4.69) is 74.0 Å². The number of likely N-dealkylation sites (N-methyl/N-ethyl adjacent to an activating group) is 1. The van der Waals surface area contributed by atoms with E-state index in [0.717, 1.165) is 65.3 Å². The molecule has 288 valence electrons. The average molecular weight is 746 g/mol. The largest absolute Gasteiger partial charge is 0.507 e. The molecule has 0 bridgehead atoms. The number of aromatic hydroxyl groups is 1. The molecule has 1 unspecified atom stereocenters. The highest BCUT2D eigenvalue weighted by Crippen LogP contribution is 2.47. The summed E-state index contributed by atoms with van der Waals surface area (Å²) in [6.45, 7) is 14.3. The fourth-order valence-corrected chi connectivity index (χ4v) is 6.77. The normalized spacial score (nSPS) is 14.1. The second-order valence-electron chi connectivity index (χ2n) is 13.4. The summed E-state index contributed by atoms with van der Waals surface area (Å²) in [5.74, 6) is 1.57. The fraction of sp³-hybridized carbons (Fsp3) is 0.318. The molecule has 11 heteroatoms. The van der Waals surface area contributed by atoms with Gasteiger partial charge in [0.15, 0.2) is 0 Å². The summed E-state index contributed by atoms with van der Waals surface area (Å²) in [5.41, 5.74) is 7.47. The SMILES string of the molecule is CCC.CCN(CC)c1ccc(C2=C3C=CC(NCCc4ccc([N+](=O)[O-])cc4)C=C3Oc3cc(N(CC)CCc4ccc([N+](=O)[O-])cc4)ccc32)c(O)c1. The number of hydrogen-bond donors (Lipinski definition) is 2. The van der Waals surface area contributed by atoms with E-state index in [1.165, 1.54) is 30.7 Å². The first-order valence-electron chi connectivity index (χ1n) is 19.1. The van der Waals surface area contributed by atoms with Crippen molar-refractivity contribution < 1.29 is 19.7 Å². The molecule has 0 radical (unpaired) electrons. The first-order chi connectivity index (χ1) is 26.6. The van der Waals surface area contributed by atoms with E-state index in [4.69, 9.17) is 4.74 Å². The highest BCUT2D eigenvalue weighted by atomic mass is 16.6. The molecule has 0 aromatic heterocycles. The molecule has 1 heterocycles. The van der Waals surface area contributed by atoms with Crippen molar-refractivity contribution >= 4 is 28.3 Å². The van der Waals surface area contributed by atoms with Crippen molar-refractivity contribution in [2.45, 2.75) is 59.9 Å². The van der Waals surface area contributed by atoms with Crippen molar-refractivity contribution in [1.29, 1.82) is 0 Å². The number of anilines is 2. The Hall–Kier alpha value is -5.94. The third kappa shape index (κ3) is 9.79. The number of nitrogens with one attached hydrogen (secondary N) is 1. The maximum Gasteiger partial charge on any atom is 0.269 e. The number of nitrogens with zero attached hydrogens (tertiary/aromatic N) is 4. The van der Waals surface area contributed by atoms with Crippen LogP contribution in [0, 0.1) is 20.2 Å². The smallest absolute Gasteiger partial charge is 0.269 e. The van der Waals surface area contributed by atoms with Crippen molar-refractivity contribution in [3.05, 3.63) is 157 Å². The number of allylic oxidation sites excluding steroid dienone is 1. The van der Waals surface area contributed by atoms with E-state index in [1.54, 1.807) is 24.3 Å². The Kier molecular flexibility index (Phi) is 13.8. The van der Waals surface area contributed by atoms with Crippen LogP contribution in [0.25, 0.3) is 5.57 Å². The van der Waals surface area contributed by atoms with Gasteiger partial charge in [0.05, 0.1) is 9.85 Å². The number of fused-ring (bicyclic) bond motifs is 2. The highest BCUT2D eigenvalue weighted by molar-refractivity contribution is 5.93. The summed E-state index contributed by atoms with van der Waals surface area (Å²) >= 11 is 0. The van der Waals surface area contributed by atoms with Crippen molar-refractivity contribution in [1.82, 2.24) is 5.32 Å². The number of phenolic OH excluding ortho intramolecular Hbond substituents is 1. The molecule has 0 saturated carbocycles. The van der Waals surface area contributed by atoms with Crippen molar-refractivity contribution in [2.75, 3.05) is 42.5 Å². The Labute approximate surface area is 323 Å². The molecule has 0 fully saturated rings. The third-order valence-electron chi connectivity index (χ3n) is 9.67. The Morgan fingerprint density at radius 3 is 1.82 bits per heavy atom. The molecular weight excluding hydrogens is 695 g/mol. The van der Waals surface area contributed by atoms with Gasteiger partial charge in [-0.1, -0.05) is 56.7 Å². The number of nitro groups is 2. The molecule has 1 aliphatic carbocycles. The molecule has 2 aliphatic rings. The van der Waals surface area contributed by atoms with Gasteiger partial charge >= 0.3 is 0 Å². The predicted octanol–water partition coefficient (Wildman–Crippen LogP) is 9.39. The zero-order valence-electron chi connectivity index (χ0n) is 32.3. The van der Waals surface area contributed by atoms with Crippen LogP contribution in [-0.4, -0.2) is 53.7 Å². The highest BCUT2D eigenvalue weighted by Gasteiger charge is 2.29. The minimum atomic E-state index is -0.396. The number of non-ortho nitro benzene ring substituents is 2. The zero-order chi connectivity index (χ0) is 39.5. The van der Waals surface area contributed by atoms with Gasteiger partial charge in [-0.3, -0.25) is 20.2 Å². The summed E-state index contributed by atoms with van der Waals surface area (Å²) < 4.78 is 6.66. The topological polar surface area (TPSA) is 134 Å². The molecule has 11 nitrogen and oxygen atoms in total. The van der Waals surface area contributed by atoms with Gasteiger partial charge in [-0.15, -0.1) is 0 Å². The van der Waals surface area contributed by atoms with Gasteiger partial charge in [0, 0.05) is 109 Å². The van der Waals surface area contributed by atoms with Crippen LogP contribution >= 0.6 is 0 Å². The zero-order valence-corrected chi connectivity index (χ0v) is 32.3. The maximum absolute atomic E-state index is 11.5. The molecule has 0 saturated heterocycles. The first kappa shape index (κ1) is 40.2. The van der Waals surface area contributed by atoms with Gasteiger partial charge in [-0.25, -0.2) is 0 Å². The lowest BCUT2D eigenvalue weighted by atomic mass is 9.86. The Morgan fingerprint density at radius 2 is 1.27 bits per heavy atom. The molecule has 0 amide bonds. The van der Waals surface area contributed by atoms with Gasteiger partial charge in [0.2, 0.25) is 0 Å². The Bertz CT molecular complexity index is 2050. The van der Waals surface area contributed by atoms with Crippen molar-refractivity contribution in [2.24, 2.45) is 0 Å². The van der Waals surface area contributed by atoms with Gasteiger partial charge in [0.1, 0.15) is 17.3 Å². The molecular formula is C44H51N5O6. The lowest BCUT2D eigenvalue weighted by Crippen LogP contribution is -2.30.